The average molecular weight is 297 g/mol. The first kappa shape index (κ1) is 16.1. The van der Waals surface area contributed by atoms with Crippen LogP contribution in [0.25, 0.3) is 11.1 Å². The number of nitrogens with two attached hydrogens (primary N) is 1. The lowest BCUT2D eigenvalue weighted by Crippen LogP contribution is -2.27. The third kappa shape index (κ3) is 3.67. The van der Waals surface area contributed by atoms with E-state index < -0.39 is 11.5 Å². The van der Waals surface area contributed by atoms with Gasteiger partial charge in [-0.05, 0) is 38.8 Å². The van der Waals surface area contributed by atoms with Gasteiger partial charge in [-0.25, -0.2) is 0 Å². The smallest absolute Gasteiger partial charge is 0.313 e. The fourth-order valence-electron chi connectivity index (χ4n) is 2.35. The Morgan fingerprint density at radius 2 is 1.68 bits per heavy atom. The molecular formula is C19H23NO2. The minimum absolute atomic E-state index is 0.260. The molecule has 2 rings (SSSR count). The number of carbonyl (C=O) groups excluding carboxylic acids is 1. The maximum absolute atomic E-state index is 12.3. The third-order valence-corrected chi connectivity index (χ3v) is 3.45. The van der Waals surface area contributed by atoms with Gasteiger partial charge >= 0.3 is 5.97 Å². The van der Waals surface area contributed by atoms with Crippen molar-refractivity contribution in [2.24, 2.45) is 0 Å². The molecule has 0 aliphatic carbocycles. The van der Waals surface area contributed by atoms with Crippen molar-refractivity contribution in [3.8, 4) is 11.1 Å². The van der Waals surface area contributed by atoms with Gasteiger partial charge in [0, 0.05) is 11.3 Å². The van der Waals surface area contributed by atoms with Gasteiger partial charge < -0.3 is 10.5 Å². The van der Waals surface area contributed by atoms with Crippen molar-refractivity contribution in [3.05, 3.63) is 54.1 Å². The molecule has 0 heterocycles. The van der Waals surface area contributed by atoms with Crippen molar-refractivity contribution in [3.63, 3.8) is 0 Å². The highest BCUT2D eigenvalue weighted by Gasteiger charge is 2.25. The van der Waals surface area contributed by atoms with Gasteiger partial charge in [0.1, 0.15) is 5.60 Å². The largest absolute Gasteiger partial charge is 0.460 e. The fraction of sp³-hybridized carbons (Fsp3) is 0.316. The minimum atomic E-state index is -0.503. The Morgan fingerprint density at radius 1 is 1.05 bits per heavy atom. The van der Waals surface area contributed by atoms with E-state index in [0.29, 0.717) is 5.69 Å². The van der Waals surface area contributed by atoms with E-state index in [4.69, 9.17) is 10.5 Å². The molecule has 0 amide bonds. The first-order valence-electron chi connectivity index (χ1n) is 7.46. The normalized spacial score (nSPS) is 12.7. The number of hydrogen-bond donors (Lipinski definition) is 1. The number of hydrogen-bond acceptors (Lipinski definition) is 3. The maximum Gasteiger partial charge on any atom is 0.313 e. The van der Waals surface area contributed by atoms with Crippen LogP contribution in [0.5, 0.6) is 0 Å². The number of rotatable bonds is 3. The van der Waals surface area contributed by atoms with Crippen LogP contribution in [0.4, 0.5) is 5.69 Å². The van der Waals surface area contributed by atoms with Crippen LogP contribution < -0.4 is 5.73 Å². The molecule has 0 fully saturated rings. The summed E-state index contributed by atoms with van der Waals surface area (Å²) >= 11 is 0. The Kier molecular flexibility index (Phi) is 4.55. The van der Waals surface area contributed by atoms with Crippen LogP contribution >= 0.6 is 0 Å². The van der Waals surface area contributed by atoms with E-state index in [1.165, 1.54) is 0 Å². The molecule has 0 saturated carbocycles. The Bertz CT molecular complexity index is 657. The van der Waals surface area contributed by atoms with Crippen LogP contribution in [-0.2, 0) is 9.53 Å². The summed E-state index contributed by atoms with van der Waals surface area (Å²) < 4.78 is 5.46. The predicted octanol–water partition coefficient (Wildman–Crippen LogP) is 4.38. The quantitative estimate of drug-likeness (QED) is 0.675. The van der Waals surface area contributed by atoms with Gasteiger partial charge in [0.2, 0.25) is 0 Å². The Morgan fingerprint density at radius 3 is 2.27 bits per heavy atom. The standard InChI is InChI=1S/C19H23NO2/c1-13(18(21)22-19(2,3)4)15-11-8-12-16(17(15)20)14-9-6-5-7-10-14/h5-13H,20H2,1-4H3/t13-/m1/s1. The molecule has 22 heavy (non-hydrogen) atoms. The molecule has 116 valence electrons. The molecule has 2 aromatic rings. The first-order valence-corrected chi connectivity index (χ1v) is 7.46. The predicted molar refractivity (Wildman–Crippen MR) is 90.6 cm³/mol. The molecule has 0 radical (unpaired) electrons. The van der Waals surface area contributed by atoms with Crippen molar-refractivity contribution >= 4 is 11.7 Å². The lowest BCUT2D eigenvalue weighted by atomic mass is 9.93. The zero-order chi connectivity index (χ0) is 16.3. The number of anilines is 1. The molecule has 2 N–H and O–H groups in total. The zero-order valence-electron chi connectivity index (χ0n) is 13.6. The van der Waals surface area contributed by atoms with Gasteiger partial charge in [0.25, 0.3) is 0 Å². The maximum atomic E-state index is 12.3. The number of ether oxygens (including phenoxy) is 1. The summed E-state index contributed by atoms with van der Waals surface area (Å²) in [5, 5.41) is 0. The summed E-state index contributed by atoms with van der Waals surface area (Å²) in [7, 11) is 0. The Hall–Kier alpha value is -2.29. The summed E-state index contributed by atoms with van der Waals surface area (Å²) in [6.07, 6.45) is 0. The third-order valence-electron chi connectivity index (χ3n) is 3.45. The van der Waals surface area contributed by atoms with Crippen molar-refractivity contribution < 1.29 is 9.53 Å². The molecule has 1 atom stereocenters. The number of benzene rings is 2. The summed E-state index contributed by atoms with van der Waals surface area (Å²) in [4.78, 5) is 12.3. The van der Waals surface area contributed by atoms with E-state index in [-0.39, 0.29) is 5.97 Å². The average Bonchev–Trinajstić information content (AvgIpc) is 2.46. The SMILES string of the molecule is C[C@@H](C(=O)OC(C)(C)C)c1cccc(-c2ccccc2)c1N. The molecular weight excluding hydrogens is 274 g/mol. The van der Waals surface area contributed by atoms with Crippen LogP contribution in [0, 0.1) is 0 Å². The fourth-order valence-corrected chi connectivity index (χ4v) is 2.35. The molecule has 0 unspecified atom stereocenters. The van der Waals surface area contributed by atoms with Gasteiger partial charge in [0.15, 0.2) is 0 Å². The van der Waals surface area contributed by atoms with E-state index >= 15 is 0 Å². The molecule has 2 aromatic carbocycles. The van der Waals surface area contributed by atoms with Gasteiger partial charge in [-0.1, -0.05) is 48.5 Å². The van der Waals surface area contributed by atoms with Crippen LogP contribution in [0.1, 0.15) is 39.2 Å². The summed E-state index contributed by atoms with van der Waals surface area (Å²) in [5.41, 5.74) is 9.22. The molecule has 0 bridgehead atoms. The van der Waals surface area contributed by atoms with Crippen molar-refractivity contribution in [1.82, 2.24) is 0 Å². The van der Waals surface area contributed by atoms with Crippen molar-refractivity contribution in [2.45, 2.75) is 39.2 Å². The monoisotopic (exact) mass is 297 g/mol. The number of nitrogen functional groups attached to an aromatic ring is 1. The van der Waals surface area contributed by atoms with Crippen LogP contribution in [-0.4, -0.2) is 11.6 Å². The van der Waals surface area contributed by atoms with E-state index in [2.05, 4.69) is 0 Å². The van der Waals surface area contributed by atoms with Gasteiger partial charge in [-0.15, -0.1) is 0 Å². The summed E-state index contributed by atoms with van der Waals surface area (Å²) in [6, 6.07) is 15.7. The number of esters is 1. The van der Waals surface area contributed by atoms with E-state index in [1.54, 1.807) is 0 Å². The highest BCUT2D eigenvalue weighted by molar-refractivity contribution is 5.85. The molecule has 0 aromatic heterocycles. The van der Waals surface area contributed by atoms with Crippen molar-refractivity contribution in [2.75, 3.05) is 5.73 Å². The van der Waals surface area contributed by atoms with E-state index in [1.807, 2.05) is 76.2 Å². The highest BCUT2D eigenvalue weighted by atomic mass is 16.6. The van der Waals surface area contributed by atoms with Crippen molar-refractivity contribution in [1.29, 1.82) is 0 Å². The Balaban J connectivity index is 2.35. The second-order valence-electron chi connectivity index (χ2n) is 6.43. The van der Waals surface area contributed by atoms with Gasteiger partial charge in [0.05, 0.1) is 5.92 Å². The molecule has 3 nitrogen and oxygen atoms in total. The molecule has 0 aliphatic rings. The van der Waals surface area contributed by atoms with Gasteiger partial charge in [-0.2, -0.15) is 0 Å². The summed E-state index contributed by atoms with van der Waals surface area (Å²) in [6.45, 7) is 7.42. The second kappa shape index (κ2) is 6.22. The van der Waals surface area contributed by atoms with Crippen LogP contribution in [0.15, 0.2) is 48.5 Å². The molecule has 0 saturated heterocycles. The number of carbonyl (C=O) groups is 1. The lowest BCUT2D eigenvalue weighted by Gasteiger charge is -2.23. The van der Waals surface area contributed by atoms with Crippen LogP contribution in [0.3, 0.4) is 0 Å². The van der Waals surface area contributed by atoms with Crippen LogP contribution in [0.2, 0.25) is 0 Å². The zero-order valence-corrected chi connectivity index (χ0v) is 13.6. The minimum Gasteiger partial charge on any atom is -0.460 e. The summed E-state index contributed by atoms with van der Waals surface area (Å²) in [5.74, 6) is -0.660. The first-order chi connectivity index (χ1) is 10.3. The number of para-hydroxylation sites is 1. The van der Waals surface area contributed by atoms with Gasteiger partial charge in [-0.3, -0.25) is 4.79 Å². The Labute approximate surface area is 132 Å². The topological polar surface area (TPSA) is 52.3 Å². The van der Waals surface area contributed by atoms with E-state index in [9.17, 15) is 4.79 Å². The lowest BCUT2D eigenvalue weighted by molar-refractivity contribution is -0.156. The second-order valence-corrected chi connectivity index (χ2v) is 6.43. The highest BCUT2D eigenvalue weighted by Crippen LogP contribution is 2.33. The molecule has 0 spiro atoms. The van der Waals surface area contributed by atoms with E-state index in [0.717, 1.165) is 16.7 Å². The molecule has 0 aliphatic heterocycles. The molecule has 3 heteroatoms.